The predicted octanol–water partition coefficient (Wildman–Crippen LogP) is 2.75. The highest BCUT2D eigenvalue weighted by atomic mass is 19.1. The maximum Gasteiger partial charge on any atom is 0.147 e. The van der Waals surface area contributed by atoms with E-state index in [9.17, 15) is 4.39 Å². The van der Waals surface area contributed by atoms with Gasteiger partial charge in [-0.15, -0.1) is 0 Å². The normalized spacial score (nSPS) is 10.9. The Morgan fingerprint density at radius 2 is 1.94 bits per heavy atom. The molecule has 0 spiro atoms. The topological polar surface area (TPSA) is 43.8 Å². The van der Waals surface area contributed by atoms with E-state index in [1.807, 2.05) is 6.07 Å². The number of para-hydroxylation sites is 1. The third-order valence-electron chi connectivity index (χ3n) is 2.68. The summed E-state index contributed by atoms with van der Waals surface area (Å²) >= 11 is 0. The summed E-state index contributed by atoms with van der Waals surface area (Å²) in [6.07, 6.45) is 1.60. The standard InChI is InChI=1S/C13H10FN3/c14-10-3-1-2-4-12(10)17-8-16-11-7-9(15)5-6-13(11)17/h1-8H,15H2. The summed E-state index contributed by atoms with van der Waals surface area (Å²) in [5, 5.41) is 0. The predicted molar refractivity (Wildman–Crippen MR) is 65.4 cm³/mol. The number of imidazole rings is 1. The number of anilines is 1. The lowest BCUT2D eigenvalue weighted by Gasteiger charge is -2.05. The summed E-state index contributed by atoms with van der Waals surface area (Å²) in [6.45, 7) is 0. The van der Waals surface area contributed by atoms with Crippen LogP contribution in [0.1, 0.15) is 0 Å². The molecule has 3 nitrogen and oxygen atoms in total. The molecule has 2 N–H and O–H groups in total. The van der Waals surface area contributed by atoms with Crippen LogP contribution in [0, 0.1) is 5.82 Å². The number of fused-ring (bicyclic) bond motifs is 1. The molecule has 0 unspecified atom stereocenters. The van der Waals surface area contributed by atoms with Crippen molar-refractivity contribution in [3.63, 3.8) is 0 Å². The van der Waals surface area contributed by atoms with E-state index < -0.39 is 0 Å². The van der Waals surface area contributed by atoms with Crippen molar-refractivity contribution in [1.29, 1.82) is 0 Å². The smallest absolute Gasteiger partial charge is 0.147 e. The van der Waals surface area contributed by atoms with Crippen molar-refractivity contribution in [2.24, 2.45) is 0 Å². The quantitative estimate of drug-likeness (QED) is 0.649. The molecule has 0 amide bonds. The van der Waals surface area contributed by atoms with E-state index in [0.29, 0.717) is 11.4 Å². The molecule has 0 bridgehead atoms. The fraction of sp³-hybridized carbons (Fsp3) is 0. The van der Waals surface area contributed by atoms with Gasteiger partial charge in [0.25, 0.3) is 0 Å². The van der Waals surface area contributed by atoms with E-state index in [-0.39, 0.29) is 5.82 Å². The van der Waals surface area contributed by atoms with E-state index in [2.05, 4.69) is 4.98 Å². The van der Waals surface area contributed by atoms with Gasteiger partial charge >= 0.3 is 0 Å². The number of nitrogens with zero attached hydrogens (tertiary/aromatic N) is 2. The first kappa shape index (κ1) is 9.84. The number of halogens is 1. The zero-order valence-electron chi connectivity index (χ0n) is 8.97. The van der Waals surface area contributed by atoms with Crippen LogP contribution < -0.4 is 5.73 Å². The fourth-order valence-corrected chi connectivity index (χ4v) is 1.87. The first-order valence-corrected chi connectivity index (χ1v) is 5.23. The van der Waals surface area contributed by atoms with Gasteiger partial charge in [-0.2, -0.15) is 0 Å². The van der Waals surface area contributed by atoms with Gasteiger partial charge in [-0.1, -0.05) is 12.1 Å². The van der Waals surface area contributed by atoms with Gasteiger partial charge in [0.2, 0.25) is 0 Å². The number of hydrogen-bond acceptors (Lipinski definition) is 2. The van der Waals surface area contributed by atoms with E-state index >= 15 is 0 Å². The zero-order valence-corrected chi connectivity index (χ0v) is 8.97. The Balaban J connectivity index is 2.29. The molecule has 1 heterocycles. The number of rotatable bonds is 1. The molecular formula is C13H10FN3. The van der Waals surface area contributed by atoms with Gasteiger partial charge in [-0.25, -0.2) is 9.37 Å². The number of nitrogen functional groups attached to an aromatic ring is 1. The van der Waals surface area contributed by atoms with Gasteiger partial charge in [-0.3, -0.25) is 4.57 Å². The molecule has 0 atom stereocenters. The Bertz CT molecular complexity index is 688. The average molecular weight is 227 g/mol. The highest BCUT2D eigenvalue weighted by Crippen LogP contribution is 2.21. The van der Waals surface area contributed by atoms with Crippen molar-refractivity contribution in [1.82, 2.24) is 9.55 Å². The van der Waals surface area contributed by atoms with Crippen molar-refractivity contribution < 1.29 is 4.39 Å². The second kappa shape index (κ2) is 3.59. The number of nitrogens with two attached hydrogens (primary N) is 1. The molecule has 0 aliphatic rings. The molecule has 3 aromatic rings. The van der Waals surface area contributed by atoms with Crippen molar-refractivity contribution in [3.05, 3.63) is 54.6 Å². The molecule has 2 aromatic carbocycles. The SMILES string of the molecule is Nc1ccc2c(c1)ncn2-c1ccccc1F. The van der Waals surface area contributed by atoms with Gasteiger partial charge in [0.05, 0.1) is 16.7 Å². The van der Waals surface area contributed by atoms with Crippen LogP contribution in [-0.4, -0.2) is 9.55 Å². The van der Waals surface area contributed by atoms with Crippen LogP contribution in [0.4, 0.5) is 10.1 Å². The summed E-state index contributed by atoms with van der Waals surface area (Å²) in [4.78, 5) is 4.21. The third-order valence-corrected chi connectivity index (χ3v) is 2.68. The largest absolute Gasteiger partial charge is 0.399 e. The van der Waals surface area contributed by atoms with E-state index in [0.717, 1.165) is 11.0 Å². The molecule has 0 fully saturated rings. The van der Waals surface area contributed by atoms with E-state index in [1.54, 1.807) is 41.2 Å². The van der Waals surface area contributed by atoms with Gasteiger partial charge in [0.1, 0.15) is 12.1 Å². The lowest BCUT2D eigenvalue weighted by atomic mass is 10.2. The molecule has 84 valence electrons. The molecule has 4 heteroatoms. The lowest BCUT2D eigenvalue weighted by Crippen LogP contribution is -1.95. The summed E-state index contributed by atoms with van der Waals surface area (Å²) < 4.78 is 15.4. The van der Waals surface area contributed by atoms with E-state index in [4.69, 9.17) is 5.73 Å². The van der Waals surface area contributed by atoms with Gasteiger partial charge in [0.15, 0.2) is 0 Å². The van der Waals surface area contributed by atoms with Crippen LogP contribution in [0.15, 0.2) is 48.8 Å². The number of aromatic nitrogens is 2. The molecule has 0 aliphatic carbocycles. The molecule has 3 rings (SSSR count). The second-order valence-electron chi connectivity index (χ2n) is 3.81. The van der Waals surface area contributed by atoms with Crippen molar-refractivity contribution in [2.75, 3.05) is 5.73 Å². The minimum Gasteiger partial charge on any atom is -0.399 e. The lowest BCUT2D eigenvalue weighted by molar-refractivity contribution is 0.619. The monoisotopic (exact) mass is 227 g/mol. The van der Waals surface area contributed by atoms with Gasteiger partial charge < -0.3 is 5.73 Å². The summed E-state index contributed by atoms with van der Waals surface area (Å²) in [5.41, 5.74) is 8.41. The molecule has 1 aromatic heterocycles. The summed E-state index contributed by atoms with van der Waals surface area (Å²) in [7, 11) is 0. The Kier molecular flexibility index (Phi) is 2.08. The minimum atomic E-state index is -0.274. The van der Waals surface area contributed by atoms with Crippen LogP contribution in [0.3, 0.4) is 0 Å². The van der Waals surface area contributed by atoms with Crippen LogP contribution in [0.2, 0.25) is 0 Å². The third kappa shape index (κ3) is 1.54. The summed E-state index contributed by atoms with van der Waals surface area (Å²) in [5.74, 6) is -0.274. The first-order valence-electron chi connectivity index (χ1n) is 5.23. The van der Waals surface area contributed by atoms with Crippen molar-refractivity contribution in [3.8, 4) is 5.69 Å². The van der Waals surface area contributed by atoms with Crippen molar-refractivity contribution in [2.45, 2.75) is 0 Å². The maximum atomic E-state index is 13.7. The number of hydrogen-bond donors (Lipinski definition) is 1. The summed E-state index contributed by atoms with van der Waals surface area (Å²) in [6, 6.07) is 12.0. The Morgan fingerprint density at radius 1 is 1.12 bits per heavy atom. The zero-order chi connectivity index (χ0) is 11.8. The van der Waals surface area contributed by atoms with Crippen molar-refractivity contribution >= 4 is 16.7 Å². The van der Waals surface area contributed by atoms with Crippen LogP contribution in [-0.2, 0) is 0 Å². The van der Waals surface area contributed by atoms with Crippen LogP contribution in [0.25, 0.3) is 16.7 Å². The molecule has 0 saturated carbocycles. The molecule has 0 radical (unpaired) electrons. The van der Waals surface area contributed by atoms with Crippen LogP contribution >= 0.6 is 0 Å². The first-order chi connectivity index (χ1) is 8.25. The number of benzene rings is 2. The Hall–Kier alpha value is -2.36. The van der Waals surface area contributed by atoms with Crippen LogP contribution in [0.5, 0.6) is 0 Å². The van der Waals surface area contributed by atoms with Gasteiger partial charge in [0, 0.05) is 5.69 Å². The maximum absolute atomic E-state index is 13.7. The molecule has 0 aliphatic heterocycles. The minimum absolute atomic E-state index is 0.274. The Labute approximate surface area is 97.3 Å². The highest BCUT2D eigenvalue weighted by Gasteiger charge is 2.07. The fourth-order valence-electron chi connectivity index (χ4n) is 1.87. The van der Waals surface area contributed by atoms with E-state index in [1.165, 1.54) is 6.07 Å². The molecule has 0 saturated heterocycles. The average Bonchev–Trinajstić information content (AvgIpc) is 2.72. The Morgan fingerprint density at radius 3 is 2.76 bits per heavy atom. The molecule has 17 heavy (non-hydrogen) atoms. The highest BCUT2D eigenvalue weighted by molar-refractivity contribution is 5.80. The second-order valence-corrected chi connectivity index (χ2v) is 3.81. The molecular weight excluding hydrogens is 217 g/mol. The van der Waals surface area contributed by atoms with Gasteiger partial charge in [-0.05, 0) is 30.3 Å².